The van der Waals surface area contributed by atoms with Crippen molar-refractivity contribution in [2.45, 2.75) is 27.2 Å². The first kappa shape index (κ1) is 20.2. The Kier molecular flexibility index (Phi) is 6.25. The summed E-state index contributed by atoms with van der Waals surface area (Å²) in [5.41, 5.74) is 3.47. The number of carbonyl (C=O) groups is 2. The minimum absolute atomic E-state index is 0.0291. The highest BCUT2D eigenvalue weighted by Gasteiger charge is 2.35. The van der Waals surface area contributed by atoms with E-state index in [-0.39, 0.29) is 24.2 Å². The molecule has 0 spiro atoms. The van der Waals surface area contributed by atoms with E-state index in [0.29, 0.717) is 17.3 Å². The van der Waals surface area contributed by atoms with Crippen LogP contribution in [0.15, 0.2) is 42.5 Å². The lowest BCUT2D eigenvalue weighted by Gasteiger charge is -2.22. The fourth-order valence-corrected chi connectivity index (χ4v) is 3.72. The van der Waals surface area contributed by atoms with Crippen molar-refractivity contribution in [1.82, 2.24) is 0 Å². The number of hydrogen-bond donors (Lipinski definition) is 1. The molecule has 1 saturated heterocycles. The van der Waals surface area contributed by atoms with E-state index in [4.69, 9.17) is 11.6 Å². The molecule has 0 aromatic heterocycles. The zero-order valence-corrected chi connectivity index (χ0v) is 17.3. The largest absolute Gasteiger partial charge is 0.372 e. The smallest absolute Gasteiger partial charge is 0.229 e. The third-order valence-corrected chi connectivity index (χ3v) is 5.72. The van der Waals surface area contributed by atoms with Crippen LogP contribution in [-0.4, -0.2) is 31.4 Å². The third kappa shape index (κ3) is 4.14. The van der Waals surface area contributed by atoms with Crippen molar-refractivity contribution in [3.05, 3.63) is 53.1 Å². The number of rotatable bonds is 6. The average Bonchev–Trinajstić information content (AvgIpc) is 3.09. The lowest BCUT2D eigenvalue weighted by molar-refractivity contribution is -0.122. The number of hydrogen-bond acceptors (Lipinski definition) is 3. The molecule has 0 radical (unpaired) electrons. The first-order valence-electron chi connectivity index (χ1n) is 9.66. The predicted molar refractivity (Wildman–Crippen MR) is 115 cm³/mol. The molecule has 2 aromatic rings. The molecule has 2 aromatic carbocycles. The second-order valence-corrected chi connectivity index (χ2v) is 7.40. The topological polar surface area (TPSA) is 52.6 Å². The van der Waals surface area contributed by atoms with Gasteiger partial charge in [-0.2, -0.15) is 0 Å². The summed E-state index contributed by atoms with van der Waals surface area (Å²) in [5.74, 6) is -0.562. The number of benzene rings is 2. The fraction of sp³-hybridized carbons (Fsp3) is 0.364. The van der Waals surface area contributed by atoms with Crippen LogP contribution in [0.1, 0.15) is 25.8 Å². The van der Waals surface area contributed by atoms with Gasteiger partial charge in [0.15, 0.2) is 0 Å². The van der Waals surface area contributed by atoms with Crippen LogP contribution in [0, 0.1) is 12.8 Å². The molecule has 6 heteroatoms. The third-order valence-electron chi connectivity index (χ3n) is 5.31. The summed E-state index contributed by atoms with van der Waals surface area (Å²) in [7, 11) is 0. The van der Waals surface area contributed by atoms with E-state index in [9.17, 15) is 9.59 Å². The quantitative estimate of drug-likeness (QED) is 0.778. The van der Waals surface area contributed by atoms with Crippen molar-refractivity contribution >= 4 is 40.5 Å². The van der Waals surface area contributed by atoms with E-state index in [2.05, 4.69) is 24.1 Å². The Labute approximate surface area is 171 Å². The first-order valence-corrected chi connectivity index (χ1v) is 10.0. The predicted octanol–water partition coefficient (Wildman–Crippen LogP) is 4.49. The van der Waals surface area contributed by atoms with E-state index >= 15 is 0 Å². The van der Waals surface area contributed by atoms with Crippen LogP contribution in [0.3, 0.4) is 0 Å². The Balaban J connectivity index is 1.69. The van der Waals surface area contributed by atoms with Crippen molar-refractivity contribution < 1.29 is 9.59 Å². The van der Waals surface area contributed by atoms with Crippen LogP contribution in [0.4, 0.5) is 17.1 Å². The molecule has 1 heterocycles. The SMILES string of the molecule is CCN(CC)c1ccc(N2CC(C(=O)Nc3cccc(Cl)c3C)CC2=O)cc1. The molecule has 28 heavy (non-hydrogen) atoms. The first-order chi connectivity index (χ1) is 13.4. The van der Waals surface area contributed by atoms with Crippen molar-refractivity contribution in [3.8, 4) is 0 Å². The summed E-state index contributed by atoms with van der Waals surface area (Å²) in [6.07, 6.45) is 0.212. The van der Waals surface area contributed by atoms with Gasteiger partial charge in [-0.3, -0.25) is 9.59 Å². The van der Waals surface area contributed by atoms with Crippen LogP contribution in [0.25, 0.3) is 0 Å². The number of nitrogens with one attached hydrogen (secondary N) is 1. The summed E-state index contributed by atoms with van der Waals surface area (Å²) in [4.78, 5) is 29.1. The van der Waals surface area contributed by atoms with Gasteiger partial charge in [0.1, 0.15) is 0 Å². The molecule has 1 unspecified atom stereocenters. The zero-order chi connectivity index (χ0) is 20.3. The van der Waals surface area contributed by atoms with Crippen LogP contribution in [0.2, 0.25) is 5.02 Å². The second-order valence-electron chi connectivity index (χ2n) is 7.00. The van der Waals surface area contributed by atoms with Gasteiger partial charge in [-0.1, -0.05) is 17.7 Å². The molecule has 1 aliphatic heterocycles. The standard InChI is InChI=1S/C22H26ClN3O2/c1-4-25(5-2)17-9-11-18(12-10-17)26-14-16(13-21(26)27)22(28)24-20-8-6-7-19(23)15(20)3/h6-12,16H,4-5,13-14H2,1-3H3,(H,24,28). The lowest BCUT2D eigenvalue weighted by atomic mass is 10.1. The highest BCUT2D eigenvalue weighted by molar-refractivity contribution is 6.31. The van der Waals surface area contributed by atoms with E-state index in [1.165, 1.54) is 0 Å². The van der Waals surface area contributed by atoms with Gasteiger partial charge in [0.05, 0.1) is 5.92 Å². The van der Waals surface area contributed by atoms with Gasteiger partial charge in [0.25, 0.3) is 0 Å². The Morgan fingerprint density at radius 3 is 2.50 bits per heavy atom. The number of halogens is 1. The van der Waals surface area contributed by atoms with Crippen molar-refractivity contribution in [2.24, 2.45) is 5.92 Å². The number of amides is 2. The average molecular weight is 400 g/mol. The van der Waals surface area contributed by atoms with Crippen LogP contribution in [-0.2, 0) is 9.59 Å². The maximum Gasteiger partial charge on any atom is 0.229 e. The van der Waals surface area contributed by atoms with E-state index in [0.717, 1.165) is 30.0 Å². The van der Waals surface area contributed by atoms with Crippen LogP contribution in [0.5, 0.6) is 0 Å². The second kappa shape index (κ2) is 8.65. The maximum atomic E-state index is 12.7. The number of carbonyl (C=O) groups excluding carboxylic acids is 2. The van der Waals surface area contributed by atoms with Crippen molar-refractivity contribution in [3.63, 3.8) is 0 Å². The van der Waals surface area contributed by atoms with Gasteiger partial charge in [-0.05, 0) is 62.7 Å². The summed E-state index contributed by atoms with van der Waals surface area (Å²) < 4.78 is 0. The molecule has 1 fully saturated rings. The van der Waals surface area contributed by atoms with Crippen molar-refractivity contribution in [1.29, 1.82) is 0 Å². The van der Waals surface area contributed by atoms with Crippen LogP contribution < -0.4 is 15.1 Å². The summed E-state index contributed by atoms with van der Waals surface area (Å²) >= 11 is 6.12. The molecule has 1 atom stereocenters. The lowest BCUT2D eigenvalue weighted by Crippen LogP contribution is -2.28. The Hall–Kier alpha value is -2.53. The van der Waals surface area contributed by atoms with Crippen LogP contribution >= 0.6 is 11.6 Å². The van der Waals surface area contributed by atoms with Gasteiger partial charge in [-0.25, -0.2) is 0 Å². The van der Waals surface area contributed by atoms with Gasteiger partial charge >= 0.3 is 0 Å². The summed E-state index contributed by atoms with van der Waals surface area (Å²) in [5, 5.41) is 3.52. The van der Waals surface area contributed by atoms with E-state index in [1.54, 1.807) is 17.0 Å². The Bertz CT molecular complexity index is 863. The number of anilines is 3. The Morgan fingerprint density at radius 1 is 1.18 bits per heavy atom. The molecule has 5 nitrogen and oxygen atoms in total. The fourth-order valence-electron chi connectivity index (χ4n) is 3.54. The normalized spacial score (nSPS) is 16.4. The molecule has 2 amide bonds. The summed E-state index contributed by atoms with van der Waals surface area (Å²) in [6.45, 7) is 8.35. The number of nitrogens with zero attached hydrogens (tertiary/aromatic N) is 2. The van der Waals surface area contributed by atoms with Gasteiger partial charge in [0, 0.05) is 48.1 Å². The molecule has 1 N–H and O–H groups in total. The maximum absolute atomic E-state index is 12.7. The highest BCUT2D eigenvalue weighted by Crippen LogP contribution is 2.29. The highest BCUT2D eigenvalue weighted by atomic mass is 35.5. The molecule has 0 bridgehead atoms. The van der Waals surface area contributed by atoms with E-state index < -0.39 is 0 Å². The Morgan fingerprint density at radius 2 is 1.86 bits per heavy atom. The summed E-state index contributed by atoms with van der Waals surface area (Å²) in [6, 6.07) is 13.4. The molecular formula is C22H26ClN3O2. The van der Waals surface area contributed by atoms with E-state index in [1.807, 2.05) is 37.3 Å². The van der Waals surface area contributed by atoms with Crippen molar-refractivity contribution in [2.75, 3.05) is 34.8 Å². The van der Waals surface area contributed by atoms with Gasteiger partial charge in [0.2, 0.25) is 11.8 Å². The molecule has 3 rings (SSSR count). The molecule has 0 saturated carbocycles. The zero-order valence-electron chi connectivity index (χ0n) is 16.5. The molecule has 1 aliphatic rings. The van der Waals surface area contributed by atoms with Gasteiger partial charge in [-0.15, -0.1) is 0 Å². The minimum atomic E-state index is -0.381. The minimum Gasteiger partial charge on any atom is -0.372 e. The molecule has 148 valence electrons. The molecule has 0 aliphatic carbocycles. The molecular weight excluding hydrogens is 374 g/mol. The van der Waals surface area contributed by atoms with Gasteiger partial charge < -0.3 is 15.1 Å². The monoisotopic (exact) mass is 399 g/mol.